The Morgan fingerprint density at radius 3 is 2.38 bits per heavy atom. The summed E-state index contributed by atoms with van der Waals surface area (Å²) in [7, 11) is 0. The first-order chi connectivity index (χ1) is 7.58. The molecule has 1 aliphatic rings. The Morgan fingerprint density at radius 2 is 1.88 bits per heavy atom. The molecule has 0 spiro atoms. The van der Waals surface area contributed by atoms with E-state index in [9.17, 15) is 8.78 Å². The van der Waals surface area contributed by atoms with Crippen molar-refractivity contribution in [3.05, 3.63) is 28.2 Å². The highest BCUT2D eigenvalue weighted by atomic mass is 79.9. The number of nitrogens with one attached hydrogen (secondary N) is 1. The van der Waals surface area contributed by atoms with E-state index < -0.39 is 11.6 Å². The summed E-state index contributed by atoms with van der Waals surface area (Å²) in [5, 5.41) is 2.98. The molecule has 2 atom stereocenters. The molecule has 0 heterocycles. The zero-order valence-corrected chi connectivity index (χ0v) is 10.7. The maximum Gasteiger partial charge on any atom is 0.150 e. The van der Waals surface area contributed by atoms with Crippen LogP contribution < -0.4 is 5.32 Å². The van der Waals surface area contributed by atoms with Gasteiger partial charge in [0.1, 0.15) is 17.3 Å². The van der Waals surface area contributed by atoms with E-state index >= 15 is 0 Å². The first-order valence-corrected chi connectivity index (χ1v) is 6.28. The molecule has 1 aromatic rings. The molecule has 0 aliphatic heterocycles. The summed E-state index contributed by atoms with van der Waals surface area (Å²) in [5.74, 6) is -0.598. The van der Waals surface area contributed by atoms with Crippen molar-refractivity contribution in [2.24, 2.45) is 5.92 Å². The third-order valence-electron chi connectivity index (χ3n) is 3.20. The summed E-state index contributed by atoms with van der Waals surface area (Å²) in [5.41, 5.74) is 0.00181. The molecule has 1 N–H and O–H groups in total. The minimum Gasteiger partial charge on any atom is -0.377 e. The van der Waals surface area contributed by atoms with Gasteiger partial charge in [0, 0.05) is 10.5 Å². The summed E-state index contributed by atoms with van der Waals surface area (Å²) in [4.78, 5) is 0. The highest BCUT2D eigenvalue weighted by Gasteiger charge is 2.25. The molecule has 88 valence electrons. The lowest BCUT2D eigenvalue weighted by Crippen LogP contribution is -2.23. The molecular weight excluding hydrogens is 276 g/mol. The highest BCUT2D eigenvalue weighted by Crippen LogP contribution is 2.31. The molecule has 2 unspecified atom stereocenters. The van der Waals surface area contributed by atoms with Crippen LogP contribution in [0.3, 0.4) is 0 Å². The molecule has 2 rings (SSSR count). The van der Waals surface area contributed by atoms with Crippen LogP contribution >= 0.6 is 15.9 Å². The van der Waals surface area contributed by atoms with Gasteiger partial charge in [-0.15, -0.1) is 0 Å². The molecule has 0 radical (unpaired) electrons. The van der Waals surface area contributed by atoms with Crippen LogP contribution in [0.25, 0.3) is 0 Å². The number of rotatable bonds is 2. The number of hydrogen-bond acceptors (Lipinski definition) is 1. The molecule has 16 heavy (non-hydrogen) atoms. The molecule has 1 nitrogen and oxygen atoms in total. The number of hydrogen-bond donors (Lipinski definition) is 1. The Kier molecular flexibility index (Phi) is 3.47. The average Bonchev–Trinajstić information content (AvgIpc) is 2.57. The number of halogens is 3. The van der Waals surface area contributed by atoms with Gasteiger partial charge in [0.15, 0.2) is 0 Å². The molecule has 1 aromatic carbocycles. The molecule has 1 aliphatic carbocycles. The lowest BCUT2D eigenvalue weighted by molar-refractivity contribution is 0.536. The van der Waals surface area contributed by atoms with E-state index in [2.05, 4.69) is 28.2 Å². The topological polar surface area (TPSA) is 12.0 Å². The minimum absolute atomic E-state index is 0.00181. The van der Waals surface area contributed by atoms with Gasteiger partial charge in [-0.25, -0.2) is 8.78 Å². The lowest BCUT2D eigenvalue weighted by Gasteiger charge is -2.19. The molecule has 1 fully saturated rings. The van der Waals surface area contributed by atoms with Crippen molar-refractivity contribution in [1.82, 2.24) is 0 Å². The second-order valence-electron chi connectivity index (χ2n) is 4.40. The zero-order valence-electron chi connectivity index (χ0n) is 9.06. The fraction of sp³-hybridized carbons (Fsp3) is 0.500. The van der Waals surface area contributed by atoms with Crippen LogP contribution in [-0.4, -0.2) is 6.04 Å². The number of benzene rings is 1. The predicted octanol–water partition coefficient (Wildman–Crippen LogP) is 4.33. The predicted molar refractivity (Wildman–Crippen MR) is 64.5 cm³/mol. The van der Waals surface area contributed by atoms with Crippen LogP contribution in [0, 0.1) is 17.6 Å². The summed E-state index contributed by atoms with van der Waals surface area (Å²) in [6.45, 7) is 2.11. The Bertz CT molecular complexity index is 372. The van der Waals surface area contributed by atoms with Crippen LogP contribution in [0.1, 0.15) is 26.2 Å². The third kappa shape index (κ3) is 2.37. The quantitative estimate of drug-likeness (QED) is 0.855. The maximum absolute atomic E-state index is 13.6. The molecule has 0 bridgehead atoms. The van der Waals surface area contributed by atoms with E-state index in [1.54, 1.807) is 0 Å². The van der Waals surface area contributed by atoms with E-state index in [0.29, 0.717) is 10.4 Å². The van der Waals surface area contributed by atoms with Gasteiger partial charge in [0.05, 0.1) is 0 Å². The second-order valence-corrected chi connectivity index (χ2v) is 5.32. The van der Waals surface area contributed by atoms with Crippen molar-refractivity contribution in [3.63, 3.8) is 0 Å². The smallest absolute Gasteiger partial charge is 0.150 e. The normalized spacial score (nSPS) is 24.8. The molecular formula is C12H14BrF2N. The van der Waals surface area contributed by atoms with Crippen molar-refractivity contribution in [3.8, 4) is 0 Å². The van der Waals surface area contributed by atoms with Crippen LogP contribution in [0.5, 0.6) is 0 Å². The summed E-state index contributed by atoms with van der Waals surface area (Å²) >= 11 is 3.06. The van der Waals surface area contributed by atoms with Gasteiger partial charge in [-0.1, -0.05) is 29.3 Å². The van der Waals surface area contributed by atoms with Gasteiger partial charge in [0.2, 0.25) is 0 Å². The van der Waals surface area contributed by atoms with Crippen molar-refractivity contribution in [2.75, 3.05) is 5.32 Å². The van der Waals surface area contributed by atoms with Crippen LogP contribution in [0.15, 0.2) is 16.6 Å². The average molecular weight is 290 g/mol. The van der Waals surface area contributed by atoms with Crippen LogP contribution in [0.4, 0.5) is 14.5 Å². The van der Waals surface area contributed by atoms with Crippen LogP contribution in [-0.2, 0) is 0 Å². The Hall–Kier alpha value is -0.640. The van der Waals surface area contributed by atoms with Crippen molar-refractivity contribution in [2.45, 2.75) is 32.2 Å². The summed E-state index contributed by atoms with van der Waals surface area (Å²) in [6, 6.07) is 2.75. The first-order valence-electron chi connectivity index (χ1n) is 5.49. The fourth-order valence-electron chi connectivity index (χ4n) is 2.23. The third-order valence-corrected chi connectivity index (χ3v) is 3.66. The Labute approximate surface area is 102 Å². The van der Waals surface area contributed by atoms with E-state index in [0.717, 1.165) is 19.3 Å². The Balaban J connectivity index is 2.21. The van der Waals surface area contributed by atoms with E-state index in [1.807, 2.05) is 0 Å². The summed E-state index contributed by atoms with van der Waals surface area (Å²) < 4.78 is 27.5. The number of anilines is 1. The maximum atomic E-state index is 13.6. The van der Waals surface area contributed by atoms with E-state index in [1.165, 1.54) is 12.1 Å². The fourth-order valence-corrected chi connectivity index (χ4v) is 2.63. The van der Waals surface area contributed by atoms with Crippen molar-refractivity contribution >= 4 is 21.6 Å². The largest absolute Gasteiger partial charge is 0.377 e. The lowest BCUT2D eigenvalue weighted by atomic mass is 10.1. The Morgan fingerprint density at radius 1 is 1.25 bits per heavy atom. The van der Waals surface area contributed by atoms with Gasteiger partial charge in [-0.3, -0.25) is 0 Å². The van der Waals surface area contributed by atoms with Gasteiger partial charge in [-0.2, -0.15) is 0 Å². The van der Waals surface area contributed by atoms with Gasteiger partial charge >= 0.3 is 0 Å². The van der Waals surface area contributed by atoms with Gasteiger partial charge < -0.3 is 5.32 Å². The summed E-state index contributed by atoms with van der Waals surface area (Å²) in [6.07, 6.45) is 3.23. The molecule has 0 aromatic heterocycles. The monoisotopic (exact) mass is 289 g/mol. The van der Waals surface area contributed by atoms with Crippen molar-refractivity contribution < 1.29 is 8.78 Å². The highest BCUT2D eigenvalue weighted by molar-refractivity contribution is 9.10. The molecule has 0 amide bonds. The standard InChI is InChI=1S/C12H14BrF2N/c1-7-3-2-4-11(7)16-12-9(14)5-8(13)6-10(12)15/h5-7,11,16H,2-4H2,1H3. The van der Waals surface area contributed by atoms with Gasteiger partial charge in [-0.05, 0) is 30.9 Å². The molecule has 4 heteroatoms. The molecule has 0 saturated heterocycles. The SMILES string of the molecule is CC1CCCC1Nc1c(F)cc(Br)cc1F. The van der Waals surface area contributed by atoms with Gasteiger partial charge in [0.25, 0.3) is 0 Å². The van der Waals surface area contributed by atoms with E-state index in [4.69, 9.17) is 0 Å². The minimum atomic E-state index is -0.536. The van der Waals surface area contributed by atoms with Crippen molar-refractivity contribution in [1.29, 1.82) is 0 Å². The van der Waals surface area contributed by atoms with E-state index in [-0.39, 0.29) is 11.7 Å². The first kappa shape index (κ1) is 11.8. The molecule has 1 saturated carbocycles. The second kappa shape index (κ2) is 4.70. The van der Waals surface area contributed by atoms with Crippen LogP contribution in [0.2, 0.25) is 0 Å². The zero-order chi connectivity index (χ0) is 11.7.